The van der Waals surface area contributed by atoms with Gasteiger partial charge in [-0.25, -0.2) is 19.3 Å². The van der Waals surface area contributed by atoms with Gasteiger partial charge in [-0.1, -0.05) is 46.8 Å². The topological polar surface area (TPSA) is 89.7 Å². The van der Waals surface area contributed by atoms with Crippen LogP contribution >= 0.6 is 0 Å². The van der Waals surface area contributed by atoms with E-state index in [1.807, 2.05) is 36.7 Å². The maximum Gasteiger partial charge on any atom is 0.278 e. The molecule has 0 unspecified atom stereocenters. The first kappa shape index (κ1) is 24.2. The Balaban J connectivity index is 1.61. The van der Waals surface area contributed by atoms with Crippen LogP contribution in [0.1, 0.15) is 71.3 Å². The summed E-state index contributed by atoms with van der Waals surface area (Å²) in [6, 6.07) is 12.2. The van der Waals surface area contributed by atoms with Crippen molar-refractivity contribution < 1.29 is 0 Å². The Labute approximate surface area is 211 Å². The molecule has 36 heavy (non-hydrogen) atoms. The molecule has 0 amide bonds. The van der Waals surface area contributed by atoms with Crippen LogP contribution < -0.4 is 16.2 Å². The van der Waals surface area contributed by atoms with E-state index in [1.165, 1.54) is 11.1 Å². The molecule has 1 aliphatic heterocycles. The first-order valence-electron chi connectivity index (χ1n) is 12.5. The van der Waals surface area contributed by atoms with E-state index in [2.05, 4.69) is 68.4 Å². The predicted molar refractivity (Wildman–Crippen MR) is 144 cm³/mol. The summed E-state index contributed by atoms with van der Waals surface area (Å²) >= 11 is 0. The number of benzene rings is 1. The third-order valence-corrected chi connectivity index (χ3v) is 6.81. The summed E-state index contributed by atoms with van der Waals surface area (Å²) in [6.45, 7) is 16.7. The Morgan fingerprint density at radius 3 is 2.61 bits per heavy atom. The Hall–Kier alpha value is -3.52. The molecule has 0 atom stereocenters. The summed E-state index contributed by atoms with van der Waals surface area (Å²) < 4.78 is 3.52. The van der Waals surface area contributed by atoms with Crippen molar-refractivity contribution in [2.24, 2.45) is 0 Å². The largest absolute Gasteiger partial charge is 0.324 e. The first-order valence-corrected chi connectivity index (χ1v) is 12.5. The number of nitrogens with one attached hydrogen (secondary N) is 2. The van der Waals surface area contributed by atoms with Crippen molar-refractivity contribution in [3.8, 4) is 5.82 Å². The molecule has 5 rings (SSSR count). The third kappa shape index (κ3) is 4.19. The normalized spacial score (nSPS) is 15.3. The monoisotopic (exact) mass is 485 g/mol. The second kappa shape index (κ2) is 8.55. The number of fused-ring (bicyclic) bond motifs is 2. The molecule has 8 heteroatoms. The van der Waals surface area contributed by atoms with Gasteiger partial charge in [0.2, 0.25) is 5.95 Å². The van der Waals surface area contributed by atoms with E-state index < -0.39 is 0 Å². The van der Waals surface area contributed by atoms with Crippen LogP contribution in [0.15, 0.2) is 47.4 Å². The number of nitrogens with zero attached hydrogens (tertiary/aromatic N) is 5. The van der Waals surface area contributed by atoms with Crippen LogP contribution in [-0.4, -0.2) is 30.9 Å². The van der Waals surface area contributed by atoms with Gasteiger partial charge in [-0.3, -0.25) is 4.79 Å². The SMILES string of the molecule is CC(C)n1c(=O)c2cnc(Nc3ccc4c(c3)CNCC4(C)C)nc2n1-c1cccc(C(C)(C)C)n1. The molecule has 3 aromatic heterocycles. The summed E-state index contributed by atoms with van der Waals surface area (Å²) in [4.78, 5) is 27.5. The fourth-order valence-electron chi connectivity index (χ4n) is 4.92. The van der Waals surface area contributed by atoms with E-state index in [9.17, 15) is 4.79 Å². The van der Waals surface area contributed by atoms with Crippen LogP contribution in [0.2, 0.25) is 0 Å². The Bertz CT molecular complexity index is 1500. The van der Waals surface area contributed by atoms with Gasteiger partial charge in [0.25, 0.3) is 5.56 Å². The van der Waals surface area contributed by atoms with Crippen molar-refractivity contribution in [3.05, 3.63) is 69.8 Å². The molecule has 0 saturated carbocycles. The van der Waals surface area contributed by atoms with E-state index in [0.29, 0.717) is 22.8 Å². The summed E-state index contributed by atoms with van der Waals surface area (Å²) in [6.07, 6.45) is 1.61. The van der Waals surface area contributed by atoms with E-state index in [-0.39, 0.29) is 22.4 Å². The van der Waals surface area contributed by atoms with Crippen molar-refractivity contribution in [2.45, 2.75) is 71.9 Å². The van der Waals surface area contributed by atoms with E-state index in [0.717, 1.165) is 24.5 Å². The van der Waals surface area contributed by atoms with Crippen LogP contribution in [0.5, 0.6) is 0 Å². The molecule has 188 valence electrons. The molecule has 2 N–H and O–H groups in total. The second-order valence-electron chi connectivity index (χ2n) is 11.6. The van der Waals surface area contributed by atoms with Crippen molar-refractivity contribution >= 4 is 22.7 Å². The molecule has 8 nitrogen and oxygen atoms in total. The maximum atomic E-state index is 13.3. The van der Waals surface area contributed by atoms with Gasteiger partial charge < -0.3 is 10.6 Å². The average Bonchev–Trinajstić information content (AvgIpc) is 3.10. The number of anilines is 2. The molecular formula is C28H35N7O. The van der Waals surface area contributed by atoms with Gasteiger partial charge in [-0.2, -0.15) is 4.98 Å². The quantitative estimate of drug-likeness (QED) is 0.424. The minimum Gasteiger partial charge on any atom is -0.324 e. The highest BCUT2D eigenvalue weighted by Gasteiger charge is 2.27. The van der Waals surface area contributed by atoms with E-state index >= 15 is 0 Å². The molecule has 4 heterocycles. The zero-order chi connectivity index (χ0) is 25.8. The molecule has 0 fully saturated rings. The number of aromatic nitrogens is 5. The smallest absolute Gasteiger partial charge is 0.278 e. The second-order valence-corrected chi connectivity index (χ2v) is 11.6. The highest BCUT2D eigenvalue weighted by atomic mass is 16.1. The standard InChI is InChI=1S/C28H35N7O/c1-17(2)34-25(36)20-15-30-26(31-19-11-12-21-18(13-19)14-29-16-28(21,6)7)33-24(20)35(34)23-10-8-9-22(32-23)27(3,4)5/h8-13,15,17,29H,14,16H2,1-7H3,(H,30,31,33). The minimum atomic E-state index is -0.128. The molecule has 1 aromatic carbocycles. The van der Waals surface area contributed by atoms with Gasteiger partial charge >= 0.3 is 0 Å². The molecule has 0 radical (unpaired) electrons. The summed E-state index contributed by atoms with van der Waals surface area (Å²) in [7, 11) is 0. The Morgan fingerprint density at radius 1 is 1.11 bits per heavy atom. The lowest BCUT2D eigenvalue weighted by atomic mass is 9.79. The fraction of sp³-hybridized carbons (Fsp3) is 0.429. The average molecular weight is 486 g/mol. The molecule has 4 aromatic rings. The number of pyridine rings is 1. The minimum absolute atomic E-state index is 0.0836. The van der Waals surface area contributed by atoms with Gasteiger partial charge in [0, 0.05) is 47.5 Å². The Kier molecular flexibility index (Phi) is 5.75. The summed E-state index contributed by atoms with van der Waals surface area (Å²) in [5, 5.41) is 7.32. The summed E-state index contributed by atoms with van der Waals surface area (Å²) in [5.41, 5.74) is 4.85. The van der Waals surface area contributed by atoms with Gasteiger partial charge in [0.05, 0.1) is 0 Å². The van der Waals surface area contributed by atoms with Crippen LogP contribution in [-0.2, 0) is 17.4 Å². The van der Waals surface area contributed by atoms with Crippen LogP contribution in [0, 0.1) is 0 Å². The highest BCUT2D eigenvalue weighted by molar-refractivity contribution is 5.77. The fourth-order valence-corrected chi connectivity index (χ4v) is 4.92. The zero-order valence-electron chi connectivity index (χ0n) is 22.2. The summed E-state index contributed by atoms with van der Waals surface area (Å²) in [5.74, 6) is 1.10. The van der Waals surface area contributed by atoms with Crippen molar-refractivity contribution in [1.29, 1.82) is 0 Å². The predicted octanol–water partition coefficient (Wildman–Crippen LogP) is 4.98. The van der Waals surface area contributed by atoms with Crippen molar-refractivity contribution in [1.82, 2.24) is 29.6 Å². The van der Waals surface area contributed by atoms with Crippen LogP contribution in [0.3, 0.4) is 0 Å². The van der Waals surface area contributed by atoms with E-state index in [1.54, 1.807) is 10.9 Å². The van der Waals surface area contributed by atoms with Crippen LogP contribution in [0.4, 0.5) is 11.6 Å². The highest BCUT2D eigenvalue weighted by Crippen LogP contribution is 2.32. The first-order chi connectivity index (χ1) is 17.0. The van der Waals surface area contributed by atoms with Gasteiger partial charge in [-0.15, -0.1) is 0 Å². The lowest BCUT2D eigenvalue weighted by molar-refractivity contribution is 0.435. The van der Waals surface area contributed by atoms with Gasteiger partial charge in [-0.05, 0) is 49.2 Å². The van der Waals surface area contributed by atoms with Crippen LogP contribution in [0.25, 0.3) is 16.9 Å². The van der Waals surface area contributed by atoms with Gasteiger partial charge in [0.1, 0.15) is 5.39 Å². The number of rotatable bonds is 4. The molecular weight excluding hydrogens is 450 g/mol. The van der Waals surface area contributed by atoms with Crippen molar-refractivity contribution in [2.75, 3.05) is 11.9 Å². The molecule has 0 saturated heterocycles. The molecule has 0 aliphatic carbocycles. The number of hydrogen-bond donors (Lipinski definition) is 2. The zero-order valence-corrected chi connectivity index (χ0v) is 22.2. The molecule has 0 spiro atoms. The lowest BCUT2D eigenvalue weighted by Crippen LogP contribution is -2.38. The van der Waals surface area contributed by atoms with Gasteiger partial charge in [0.15, 0.2) is 11.5 Å². The Morgan fingerprint density at radius 2 is 1.89 bits per heavy atom. The maximum absolute atomic E-state index is 13.3. The lowest BCUT2D eigenvalue weighted by Gasteiger charge is -2.33. The number of hydrogen-bond acceptors (Lipinski definition) is 6. The van der Waals surface area contributed by atoms with E-state index in [4.69, 9.17) is 9.97 Å². The van der Waals surface area contributed by atoms with Crippen molar-refractivity contribution in [3.63, 3.8) is 0 Å². The molecule has 0 bridgehead atoms. The molecule has 1 aliphatic rings. The third-order valence-electron chi connectivity index (χ3n) is 6.81.